The molecule has 2 heterocycles. The lowest BCUT2D eigenvalue weighted by Crippen LogP contribution is -2.35. The predicted molar refractivity (Wildman–Crippen MR) is 114 cm³/mol. The summed E-state index contributed by atoms with van der Waals surface area (Å²) in [4.78, 5) is 28.8. The normalized spacial score (nSPS) is 13.1. The molecule has 2 N–H and O–H groups in total. The third-order valence-electron chi connectivity index (χ3n) is 5.23. The first kappa shape index (κ1) is 19.2. The molecule has 6 heteroatoms. The second-order valence-corrected chi connectivity index (χ2v) is 8.22. The lowest BCUT2D eigenvalue weighted by Gasteiger charge is -2.28. The zero-order valence-electron chi connectivity index (χ0n) is 16.1. The molecule has 0 atom stereocenters. The van der Waals surface area contributed by atoms with Crippen LogP contribution in [0.1, 0.15) is 31.9 Å². The average molecular weight is 407 g/mol. The fraction of sp³-hybridized carbons (Fsp3) is 0.217. The van der Waals surface area contributed by atoms with Gasteiger partial charge in [-0.05, 0) is 65.7 Å². The van der Waals surface area contributed by atoms with E-state index in [-0.39, 0.29) is 24.0 Å². The number of benzene rings is 2. The molecule has 5 nitrogen and oxygen atoms in total. The molecule has 148 valence electrons. The van der Waals surface area contributed by atoms with Crippen molar-refractivity contribution in [1.29, 1.82) is 0 Å². The Morgan fingerprint density at radius 2 is 1.93 bits per heavy atom. The number of nitrogens with one attached hydrogen (secondary N) is 1. The van der Waals surface area contributed by atoms with E-state index < -0.39 is 0 Å². The Kier molecular flexibility index (Phi) is 5.36. The summed E-state index contributed by atoms with van der Waals surface area (Å²) >= 11 is 1.75. The van der Waals surface area contributed by atoms with Crippen LogP contribution < -0.4 is 5.32 Å². The number of thiophene rings is 1. The highest BCUT2D eigenvalue weighted by Gasteiger charge is 2.24. The summed E-state index contributed by atoms with van der Waals surface area (Å²) in [6.07, 6.45) is 1.09. The maximum absolute atomic E-state index is 13.1. The number of nitrogens with zero attached hydrogens (tertiary/aromatic N) is 1. The minimum absolute atomic E-state index is 0.00557. The molecule has 2 amide bonds. The Labute approximate surface area is 173 Å². The van der Waals surface area contributed by atoms with Crippen LogP contribution in [-0.4, -0.2) is 28.4 Å². The van der Waals surface area contributed by atoms with Crippen LogP contribution in [0.2, 0.25) is 0 Å². The Morgan fingerprint density at radius 3 is 2.72 bits per heavy atom. The van der Waals surface area contributed by atoms with E-state index in [1.165, 1.54) is 10.4 Å². The summed E-state index contributed by atoms with van der Waals surface area (Å²) < 4.78 is 0. The van der Waals surface area contributed by atoms with Gasteiger partial charge in [-0.15, -0.1) is 11.3 Å². The molecule has 0 saturated carbocycles. The molecule has 29 heavy (non-hydrogen) atoms. The number of aromatic hydroxyl groups is 1. The Balaban J connectivity index is 1.47. The zero-order chi connectivity index (χ0) is 20.4. The van der Waals surface area contributed by atoms with Crippen LogP contribution in [0.15, 0.2) is 53.9 Å². The van der Waals surface area contributed by atoms with Gasteiger partial charge in [0.05, 0.1) is 6.42 Å². The van der Waals surface area contributed by atoms with Gasteiger partial charge in [-0.3, -0.25) is 9.59 Å². The van der Waals surface area contributed by atoms with Gasteiger partial charge in [0.15, 0.2) is 0 Å². The molecule has 1 aromatic heterocycles. The largest absolute Gasteiger partial charge is 0.508 e. The van der Waals surface area contributed by atoms with Gasteiger partial charge in [-0.1, -0.05) is 18.2 Å². The van der Waals surface area contributed by atoms with Crippen molar-refractivity contribution in [2.24, 2.45) is 0 Å². The van der Waals surface area contributed by atoms with Crippen molar-refractivity contribution in [2.45, 2.75) is 26.3 Å². The lowest BCUT2D eigenvalue weighted by molar-refractivity contribution is -0.115. The average Bonchev–Trinajstić information content (AvgIpc) is 3.18. The Bertz CT molecular complexity index is 1060. The Hall–Kier alpha value is -3.12. The van der Waals surface area contributed by atoms with Crippen molar-refractivity contribution >= 4 is 28.8 Å². The number of hydrogen-bond acceptors (Lipinski definition) is 4. The fourth-order valence-electron chi connectivity index (χ4n) is 3.59. The minimum Gasteiger partial charge on any atom is -0.508 e. The molecule has 2 aromatic carbocycles. The first-order chi connectivity index (χ1) is 14.0. The predicted octanol–water partition coefficient (Wildman–Crippen LogP) is 4.14. The minimum atomic E-state index is -0.163. The molecule has 1 aliphatic rings. The van der Waals surface area contributed by atoms with Gasteiger partial charge in [0.1, 0.15) is 5.75 Å². The van der Waals surface area contributed by atoms with Crippen LogP contribution >= 0.6 is 11.3 Å². The molecule has 1 aliphatic heterocycles. The second kappa shape index (κ2) is 8.09. The molecule has 0 bridgehead atoms. The fourth-order valence-corrected chi connectivity index (χ4v) is 4.48. The standard InChI is InChI=1S/C23H22N2O3S/c1-15-19(23(28)25-11-9-21-17(14-25)10-12-29-21)3-2-4-20(15)24-22(27)13-16-5-7-18(26)8-6-16/h2-8,10,12,26H,9,11,13-14H2,1H3,(H,24,27). The first-order valence-electron chi connectivity index (χ1n) is 9.53. The quantitative estimate of drug-likeness (QED) is 0.684. The maximum Gasteiger partial charge on any atom is 0.254 e. The van der Waals surface area contributed by atoms with E-state index in [2.05, 4.69) is 16.8 Å². The first-order valence-corrected chi connectivity index (χ1v) is 10.4. The number of fused-ring (bicyclic) bond motifs is 1. The number of amides is 2. The highest BCUT2D eigenvalue weighted by atomic mass is 32.1. The molecular formula is C23H22N2O3S. The summed E-state index contributed by atoms with van der Waals surface area (Å²) in [5.41, 5.74) is 4.07. The number of phenols is 1. The topological polar surface area (TPSA) is 69.6 Å². The lowest BCUT2D eigenvalue weighted by atomic mass is 10.0. The highest BCUT2D eigenvalue weighted by molar-refractivity contribution is 7.10. The summed E-state index contributed by atoms with van der Waals surface area (Å²) in [6, 6.07) is 14.1. The smallest absolute Gasteiger partial charge is 0.254 e. The van der Waals surface area contributed by atoms with E-state index in [0.717, 1.165) is 17.5 Å². The van der Waals surface area contributed by atoms with E-state index in [9.17, 15) is 14.7 Å². The number of anilines is 1. The van der Waals surface area contributed by atoms with Crippen molar-refractivity contribution in [3.05, 3.63) is 81.0 Å². The molecule has 0 spiro atoms. The molecule has 0 unspecified atom stereocenters. The summed E-state index contributed by atoms with van der Waals surface area (Å²) in [5.74, 6) is 0.00163. The monoisotopic (exact) mass is 406 g/mol. The van der Waals surface area contributed by atoms with E-state index in [4.69, 9.17) is 0 Å². The van der Waals surface area contributed by atoms with Gasteiger partial charge in [-0.2, -0.15) is 0 Å². The number of carbonyl (C=O) groups excluding carboxylic acids is 2. The second-order valence-electron chi connectivity index (χ2n) is 7.22. The molecule has 0 fully saturated rings. The number of carbonyl (C=O) groups is 2. The number of hydrogen-bond donors (Lipinski definition) is 2. The van der Waals surface area contributed by atoms with Crippen LogP contribution in [0.3, 0.4) is 0 Å². The van der Waals surface area contributed by atoms with Gasteiger partial charge in [0, 0.05) is 29.2 Å². The van der Waals surface area contributed by atoms with Crippen molar-refractivity contribution in [2.75, 3.05) is 11.9 Å². The van der Waals surface area contributed by atoms with E-state index in [1.54, 1.807) is 41.7 Å². The summed E-state index contributed by atoms with van der Waals surface area (Å²) in [6.45, 7) is 3.21. The van der Waals surface area contributed by atoms with Crippen molar-refractivity contribution < 1.29 is 14.7 Å². The van der Waals surface area contributed by atoms with Crippen LogP contribution in [0.4, 0.5) is 5.69 Å². The molecule has 3 aromatic rings. The van der Waals surface area contributed by atoms with Gasteiger partial charge in [0.25, 0.3) is 5.91 Å². The zero-order valence-corrected chi connectivity index (χ0v) is 17.0. The molecule has 0 aliphatic carbocycles. The SMILES string of the molecule is Cc1c(NC(=O)Cc2ccc(O)cc2)cccc1C(=O)N1CCc2sccc2C1. The van der Waals surface area contributed by atoms with Crippen LogP contribution in [0.5, 0.6) is 5.75 Å². The van der Waals surface area contributed by atoms with E-state index in [1.807, 2.05) is 24.0 Å². The molecular weight excluding hydrogens is 384 g/mol. The van der Waals surface area contributed by atoms with Crippen LogP contribution in [-0.2, 0) is 24.2 Å². The van der Waals surface area contributed by atoms with Gasteiger partial charge < -0.3 is 15.3 Å². The molecule has 4 rings (SSSR count). The number of phenolic OH excluding ortho intramolecular Hbond substituents is 1. The summed E-state index contributed by atoms with van der Waals surface area (Å²) in [5, 5.41) is 14.3. The molecule has 0 radical (unpaired) electrons. The molecule has 0 saturated heterocycles. The maximum atomic E-state index is 13.1. The van der Waals surface area contributed by atoms with Gasteiger partial charge in [0.2, 0.25) is 5.91 Å². The highest BCUT2D eigenvalue weighted by Crippen LogP contribution is 2.27. The van der Waals surface area contributed by atoms with Crippen molar-refractivity contribution in [3.63, 3.8) is 0 Å². The van der Waals surface area contributed by atoms with Gasteiger partial charge in [-0.25, -0.2) is 0 Å². The van der Waals surface area contributed by atoms with Crippen molar-refractivity contribution in [1.82, 2.24) is 4.90 Å². The Morgan fingerprint density at radius 1 is 1.14 bits per heavy atom. The van der Waals surface area contributed by atoms with Crippen molar-refractivity contribution in [3.8, 4) is 5.75 Å². The van der Waals surface area contributed by atoms with Gasteiger partial charge >= 0.3 is 0 Å². The van der Waals surface area contributed by atoms with E-state index >= 15 is 0 Å². The van der Waals surface area contributed by atoms with Crippen LogP contribution in [0, 0.1) is 6.92 Å². The van der Waals surface area contributed by atoms with E-state index in [0.29, 0.717) is 24.3 Å². The third kappa shape index (κ3) is 4.17. The number of rotatable bonds is 4. The van der Waals surface area contributed by atoms with Crippen LogP contribution in [0.25, 0.3) is 0 Å². The third-order valence-corrected chi connectivity index (χ3v) is 6.26. The summed E-state index contributed by atoms with van der Waals surface area (Å²) in [7, 11) is 0.